The number of rotatable bonds is 1. The molecule has 0 N–H and O–H groups in total. The fraction of sp³-hybridized carbons (Fsp3) is 0.667. The van der Waals surface area contributed by atoms with E-state index in [2.05, 4.69) is 5.10 Å². The summed E-state index contributed by atoms with van der Waals surface area (Å²) in [6, 6.07) is -0.139. The zero-order valence-corrected chi connectivity index (χ0v) is 9.51. The first-order chi connectivity index (χ1) is 7.66. The molecule has 2 saturated heterocycles. The Bertz CT molecular complexity index is 494. The highest BCUT2D eigenvalue weighted by Crippen LogP contribution is 2.32. The molecule has 0 saturated carbocycles. The third-order valence-corrected chi connectivity index (χ3v) is 3.45. The Hall–Kier alpha value is -1.05. The normalized spacial score (nSPS) is 33.3. The molecule has 3 rings (SSSR count). The molecular weight excluding hydrogens is 230 g/mol. The zero-order chi connectivity index (χ0) is 11.3. The van der Waals surface area contributed by atoms with Crippen molar-refractivity contribution in [1.29, 1.82) is 0 Å². The second-order valence-corrected chi connectivity index (χ2v) is 4.41. The average molecular weight is 241 g/mol. The minimum Gasteiger partial charge on any atom is -0.343 e. The van der Waals surface area contributed by atoms with Crippen LogP contribution in [0.4, 0.5) is 0 Å². The fourth-order valence-corrected chi connectivity index (χ4v) is 2.32. The number of hydrogen-bond acceptors (Lipinski definition) is 5. The van der Waals surface area contributed by atoms with Crippen LogP contribution in [-0.4, -0.2) is 39.1 Å². The molecule has 3 heterocycles. The van der Waals surface area contributed by atoms with Gasteiger partial charge in [0.1, 0.15) is 12.4 Å². The van der Waals surface area contributed by atoms with Crippen LogP contribution in [0.25, 0.3) is 0 Å². The Morgan fingerprint density at radius 2 is 2.44 bits per heavy atom. The van der Waals surface area contributed by atoms with E-state index >= 15 is 0 Å². The molecule has 2 bridgehead atoms. The number of aryl methyl sites for hydroxylation is 1. The maximum Gasteiger partial charge on any atom is 0.218 e. The van der Waals surface area contributed by atoms with Gasteiger partial charge in [0, 0.05) is 13.5 Å². The first kappa shape index (κ1) is 10.1. The number of fused-ring (bicyclic) bond motifs is 2. The monoisotopic (exact) mass is 241 g/mol. The van der Waals surface area contributed by atoms with Crippen LogP contribution in [0.1, 0.15) is 12.5 Å². The Morgan fingerprint density at radius 3 is 3.12 bits per heavy atom. The van der Waals surface area contributed by atoms with Crippen LogP contribution in [0.3, 0.4) is 0 Å². The number of ether oxygens (including phenoxy) is 2. The summed E-state index contributed by atoms with van der Waals surface area (Å²) in [5.74, 6) is -0.0358. The van der Waals surface area contributed by atoms with Crippen molar-refractivity contribution in [3.8, 4) is 0 Å². The molecule has 0 aliphatic carbocycles. The average Bonchev–Trinajstić information content (AvgIpc) is 2.82. The number of aromatic nitrogens is 3. The van der Waals surface area contributed by atoms with Crippen LogP contribution in [0.5, 0.6) is 0 Å². The zero-order valence-electron chi connectivity index (χ0n) is 8.70. The van der Waals surface area contributed by atoms with Crippen LogP contribution in [-0.2, 0) is 21.3 Å². The van der Waals surface area contributed by atoms with Crippen LogP contribution >= 0.6 is 12.2 Å². The minimum absolute atomic E-state index is 0.0358. The first-order valence-corrected chi connectivity index (χ1v) is 5.47. The Balaban J connectivity index is 1.98. The maximum atomic E-state index is 11.6. The van der Waals surface area contributed by atoms with Gasteiger partial charge in [0.25, 0.3) is 0 Å². The van der Waals surface area contributed by atoms with Gasteiger partial charge < -0.3 is 14.0 Å². The van der Waals surface area contributed by atoms with Crippen LogP contribution in [0.2, 0.25) is 0 Å². The lowest BCUT2D eigenvalue weighted by Crippen LogP contribution is -2.37. The van der Waals surface area contributed by atoms with Gasteiger partial charge in [-0.05, 0) is 12.2 Å². The SMILES string of the molecule is Cn1cnn([C@@H]2CC(=O)[C@@H]3OC[C@H]2O3)c1=S. The number of carbonyl (C=O) groups excluding carboxylic acids is 1. The quantitative estimate of drug-likeness (QED) is 0.658. The predicted octanol–water partition coefficient (Wildman–Crippen LogP) is 0.206. The van der Waals surface area contributed by atoms with Crippen molar-refractivity contribution in [3.05, 3.63) is 11.1 Å². The van der Waals surface area contributed by atoms with Gasteiger partial charge >= 0.3 is 0 Å². The van der Waals surface area contributed by atoms with Gasteiger partial charge in [0.05, 0.1) is 12.6 Å². The third-order valence-electron chi connectivity index (χ3n) is 2.97. The molecule has 2 aliphatic heterocycles. The topological polar surface area (TPSA) is 58.3 Å². The van der Waals surface area contributed by atoms with Gasteiger partial charge in [-0.25, -0.2) is 4.68 Å². The molecule has 2 aliphatic rings. The van der Waals surface area contributed by atoms with Crippen molar-refractivity contribution in [1.82, 2.24) is 14.3 Å². The van der Waals surface area contributed by atoms with Gasteiger partial charge in [0.15, 0.2) is 10.6 Å². The van der Waals surface area contributed by atoms with Gasteiger partial charge in [-0.2, -0.15) is 5.10 Å². The highest BCUT2D eigenvalue weighted by Gasteiger charge is 2.44. The molecule has 3 atom stereocenters. The van der Waals surface area contributed by atoms with Crippen molar-refractivity contribution in [2.45, 2.75) is 24.9 Å². The van der Waals surface area contributed by atoms with E-state index in [4.69, 9.17) is 21.7 Å². The van der Waals surface area contributed by atoms with E-state index < -0.39 is 6.29 Å². The summed E-state index contributed by atoms with van der Waals surface area (Å²) >= 11 is 5.22. The molecule has 0 amide bonds. The van der Waals surface area contributed by atoms with Crippen molar-refractivity contribution >= 4 is 18.0 Å². The lowest BCUT2D eigenvalue weighted by Gasteiger charge is -2.26. The molecule has 6 nitrogen and oxygen atoms in total. The van der Waals surface area contributed by atoms with E-state index in [-0.39, 0.29) is 17.9 Å². The predicted molar refractivity (Wildman–Crippen MR) is 55.3 cm³/mol. The van der Waals surface area contributed by atoms with E-state index in [0.29, 0.717) is 17.8 Å². The number of ketones is 1. The molecule has 1 aromatic heterocycles. The van der Waals surface area contributed by atoms with E-state index in [0.717, 1.165) is 0 Å². The number of hydrogen-bond donors (Lipinski definition) is 0. The number of nitrogens with zero attached hydrogens (tertiary/aromatic N) is 3. The van der Waals surface area contributed by atoms with Crippen molar-refractivity contribution in [2.75, 3.05) is 6.61 Å². The molecule has 0 spiro atoms. The molecule has 7 heteroatoms. The largest absolute Gasteiger partial charge is 0.343 e. The number of Topliss-reactive ketones (excluding diaryl/α,β-unsaturated/α-hetero) is 1. The second-order valence-electron chi connectivity index (χ2n) is 4.05. The molecule has 1 aromatic rings. The fourth-order valence-electron chi connectivity index (χ4n) is 2.09. The summed E-state index contributed by atoms with van der Waals surface area (Å²) in [6.45, 7) is 0.430. The Kier molecular flexibility index (Phi) is 2.20. The van der Waals surface area contributed by atoms with Gasteiger partial charge in [-0.15, -0.1) is 0 Å². The summed E-state index contributed by atoms with van der Waals surface area (Å²) < 4.78 is 14.7. The summed E-state index contributed by atoms with van der Waals surface area (Å²) in [5.41, 5.74) is 0. The van der Waals surface area contributed by atoms with Crippen molar-refractivity contribution in [2.24, 2.45) is 7.05 Å². The van der Waals surface area contributed by atoms with E-state index in [9.17, 15) is 4.79 Å². The van der Waals surface area contributed by atoms with Crippen molar-refractivity contribution in [3.63, 3.8) is 0 Å². The molecule has 0 aromatic carbocycles. The summed E-state index contributed by atoms with van der Waals surface area (Å²) in [7, 11) is 1.82. The molecule has 0 unspecified atom stereocenters. The van der Waals surface area contributed by atoms with Gasteiger partial charge in [0.2, 0.25) is 6.29 Å². The summed E-state index contributed by atoms with van der Waals surface area (Å²) in [5, 5.41) is 4.18. The molecule has 86 valence electrons. The highest BCUT2D eigenvalue weighted by atomic mass is 32.1. The van der Waals surface area contributed by atoms with Gasteiger partial charge in [-0.3, -0.25) is 4.79 Å². The lowest BCUT2D eigenvalue weighted by molar-refractivity contribution is -0.156. The minimum atomic E-state index is -0.667. The first-order valence-electron chi connectivity index (χ1n) is 5.07. The molecule has 0 radical (unpaired) electrons. The van der Waals surface area contributed by atoms with E-state index in [1.807, 2.05) is 7.05 Å². The van der Waals surface area contributed by atoms with Crippen LogP contribution < -0.4 is 0 Å². The summed E-state index contributed by atoms with van der Waals surface area (Å²) in [4.78, 5) is 11.6. The smallest absolute Gasteiger partial charge is 0.218 e. The molecule has 16 heavy (non-hydrogen) atoms. The second kappa shape index (κ2) is 3.47. The van der Waals surface area contributed by atoms with Crippen molar-refractivity contribution < 1.29 is 14.3 Å². The maximum absolute atomic E-state index is 11.6. The Morgan fingerprint density at radius 1 is 1.62 bits per heavy atom. The summed E-state index contributed by atoms with van der Waals surface area (Å²) in [6.07, 6.45) is 1.22. The van der Waals surface area contributed by atoms with E-state index in [1.54, 1.807) is 15.6 Å². The van der Waals surface area contributed by atoms with Gasteiger partial charge in [-0.1, -0.05) is 0 Å². The van der Waals surface area contributed by atoms with Crippen LogP contribution in [0.15, 0.2) is 6.33 Å². The van der Waals surface area contributed by atoms with E-state index in [1.165, 1.54) is 0 Å². The standard InChI is InChI=1S/C9H11N3O3S/c1-11-4-10-12(9(11)16)5-2-6(13)8-14-3-7(5)15-8/h4-5,7-8H,2-3H2,1H3/t5-,7-,8-/m1/s1. The van der Waals surface area contributed by atoms with Crippen LogP contribution in [0, 0.1) is 4.77 Å². The highest BCUT2D eigenvalue weighted by molar-refractivity contribution is 7.71. The lowest BCUT2D eigenvalue weighted by atomic mass is 10.0. The Labute approximate surface area is 96.8 Å². The number of carbonyl (C=O) groups is 1. The molecule has 2 fully saturated rings. The third kappa shape index (κ3) is 1.35. The molecular formula is C9H11N3O3S.